The van der Waals surface area contributed by atoms with Crippen molar-refractivity contribution in [2.45, 2.75) is 97.2 Å². The SMILES string of the molecule is COC(=O)N[C@H](C(=O)N1CCC[C@H]1C1=NC=C(c2ccc3cc(-c4ccc(C5=CN=C([C@@H]6CCCC[C@@H]6C(=O)N(NC(=O)OC)C(C)C)C5)cc4)ccc3c2)C1)C(C)C. The first-order chi connectivity index (χ1) is 28.4. The van der Waals surface area contributed by atoms with E-state index in [-0.39, 0.29) is 41.7 Å². The molecule has 4 atom stereocenters. The molecule has 0 aromatic heterocycles. The van der Waals surface area contributed by atoms with Crippen LogP contribution in [0.15, 0.2) is 83.0 Å². The highest BCUT2D eigenvalue weighted by molar-refractivity contribution is 6.05. The van der Waals surface area contributed by atoms with Crippen molar-refractivity contribution >= 4 is 57.3 Å². The van der Waals surface area contributed by atoms with Gasteiger partial charge < -0.3 is 19.7 Å². The maximum Gasteiger partial charge on any atom is 0.425 e. The minimum Gasteiger partial charge on any atom is -0.453 e. The third kappa shape index (κ3) is 8.96. The van der Waals surface area contributed by atoms with Crippen molar-refractivity contribution in [3.05, 3.63) is 84.2 Å². The van der Waals surface area contributed by atoms with Gasteiger partial charge in [0, 0.05) is 61.1 Å². The van der Waals surface area contributed by atoms with Crippen LogP contribution in [0.2, 0.25) is 0 Å². The highest BCUT2D eigenvalue weighted by atomic mass is 16.5. The van der Waals surface area contributed by atoms with Gasteiger partial charge in [0.25, 0.3) is 0 Å². The van der Waals surface area contributed by atoms with Crippen molar-refractivity contribution < 1.29 is 28.7 Å². The summed E-state index contributed by atoms with van der Waals surface area (Å²) in [4.78, 5) is 62.9. The van der Waals surface area contributed by atoms with Crippen LogP contribution in [0.4, 0.5) is 9.59 Å². The molecule has 2 fully saturated rings. The van der Waals surface area contributed by atoms with Crippen molar-refractivity contribution in [2.24, 2.45) is 27.7 Å². The number of ether oxygens (including phenoxy) is 2. The number of fused-ring (bicyclic) bond motifs is 1. The van der Waals surface area contributed by atoms with Gasteiger partial charge in [0.1, 0.15) is 6.04 Å². The van der Waals surface area contributed by atoms with Crippen LogP contribution in [0.3, 0.4) is 0 Å². The lowest BCUT2D eigenvalue weighted by atomic mass is 9.74. The summed E-state index contributed by atoms with van der Waals surface area (Å²) in [5, 5.41) is 6.42. The third-order valence-corrected chi connectivity index (χ3v) is 12.3. The minimum absolute atomic E-state index is 0.0248. The number of alkyl carbamates (subject to hydrolysis) is 1. The fourth-order valence-corrected chi connectivity index (χ4v) is 9.02. The number of benzene rings is 3. The number of aliphatic imine (C=N–C) groups is 2. The van der Waals surface area contributed by atoms with E-state index >= 15 is 0 Å². The number of likely N-dealkylation sites (tertiary alicyclic amines) is 1. The molecule has 3 aliphatic heterocycles. The summed E-state index contributed by atoms with van der Waals surface area (Å²) in [6.07, 6.45) is 9.43. The van der Waals surface area contributed by atoms with Crippen LogP contribution in [0, 0.1) is 17.8 Å². The van der Waals surface area contributed by atoms with Gasteiger partial charge in [-0.3, -0.25) is 19.6 Å². The number of nitrogens with zero attached hydrogens (tertiary/aromatic N) is 4. The molecular weight excluding hydrogens is 745 g/mol. The average molecular weight is 801 g/mol. The van der Waals surface area contributed by atoms with E-state index in [1.54, 1.807) is 0 Å². The molecule has 2 N–H and O–H groups in total. The average Bonchev–Trinajstić information content (AvgIpc) is 4.06. The Morgan fingerprint density at radius 3 is 1.98 bits per heavy atom. The predicted molar refractivity (Wildman–Crippen MR) is 231 cm³/mol. The van der Waals surface area contributed by atoms with Crippen LogP contribution in [-0.2, 0) is 19.1 Å². The third-order valence-electron chi connectivity index (χ3n) is 12.3. The summed E-state index contributed by atoms with van der Waals surface area (Å²) in [5.74, 6) is -0.486. The van der Waals surface area contributed by atoms with Crippen LogP contribution < -0.4 is 10.7 Å². The molecule has 4 aliphatic rings. The summed E-state index contributed by atoms with van der Waals surface area (Å²) in [5.41, 5.74) is 11.4. The predicted octanol–water partition coefficient (Wildman–Crippen LogP) is 8.56. The minimum atomic E-state index is -0.658. The Labute approximate surface area is 346 Å². The van der Waals surface area contributed by atoms with Gasteiger partial charge in [-0.1, -0.05) is 75.2 Å². The van der Waals surface area contributed by atoms with E-state index in [1.165, 1.54) is 19.2 Å². The van der Waals surface area contributed by atoms with Gasteiger partial charge in [-0.05, 0) is 102 Å². The van der Waals surface area contributed by atoms with Crippen LogP contribution in [0.1, 0.15) is 90.2 Å². The molecule has 0 bridgehead atoms. The molecule has 4 amide bonds. The second-order valence-electron chi connectivity index (χ2n) is 16.7. The standard InChI is InChI=1S/C47H56N6O6/c1-28(2)43(50-46(56)58-5)45(55)52-21-9-12-42(52)41-25-37(27-49-41)35-20-19-33-22-32(17-18-34(33)23-35)30-13-15-31(16-14-30)36-24-40(48-26-36)38-10-7-8-11-39(38)44(54)53(29(3)4)51-47(57)59-6/h13-20,22-23,26-29,38-39,42-43H,7-12,21,24-25H2,1-6H3,(H,50,56)(H,51,57)/t38-,39+,42+,43+/m1/s1. The lowest BCUT2D eigenvalue weighted by Crippen LogP contribution is -2.54. The van der Waals surface area contributed by atoms with Gasteiger partial charge in [0.05, 0.1) is 20.3 Å². The van der Waals surface area contributed by atoms with Gasteiger partial charge in [-0.2, -0.15) is 0 Å². The summed E-state index contributed by atoms with van der Waals surface area (Å²) in [6, 6.07) is 20.7. The van der Waals surface area contributed by atoms with E-state index in [1.807, 2.05) is 45.0 Å². The molecule has 1 saturated heterocycles. The van der Waals surface area contributed by atoms with Gasteiger partial charge in [-0.25, -0.2) is 20.0 Å². The molecule has 3 heterocycles. The topological polar surface area (TPSA) is 142 Å². The van der Waals surface area contributed by atoms with E-state index in [0.717, 1.165) is 94.1 Å². The van der Waals surface area contributed by atoms with E-state index in [9.17, 15) is 19.2 Å². The van der Waals surface area contributed by atoms with Crippen LogP contribution >= 0.6 is 0 Å². The van der Waals surface area contributed by atoms with Gasteiger partial charge in [0.2, 0.25) is 11.8 Å². The molecule has 3 aromatic carbocycles. The monoisotopic (exact) mass is 800 g/mol. The molecule has 1 aliphatic carbocycles. The number of hydrogen-bond acceptors (Lipinski definition) is 8. The smallest absolute Gasteiger partial charge is 0.425 e. The summed E-state index contributed by atoms with van der Waals surface area (Å²) in [6.45, 7) is 8.25. The first-order valence-corrected chi connectivity index (χ1v) is 20.9. The Hall–Kier alpha value is -5.78. The number of rotatable bonds is 10. The summed E-state index contributed by atoms with van der Waals surface area (Å²) < 4.78 is 9.56. The zero-order valence-corrected chi connectivity index (χ0v) is 35.0. The van der Waals surface area contributed by atoms with Crippen LogP contribution in [0.25, 0.3) is 33.0 Å². The lowest BCUT2D eigenvalue weighted by molar-refractivity contribution is -0.142. The quantitative estimate of drug-likeness (QED) is 0.197. The Morgan fingerprint density at radius 1 is 0.712 bits per heavy atom. The number of hydrazine groups is 1. The molecule has 1 saturated carbocycles. The highest BCUT2D eigenvalue weighted by Gasteiger charge is 2.40. The molecule has 0 radical (unpaired) electrons. The second kappa shape index (κ2) is 18.0. The summed E-state index contributed by atoms with van der Waals surface area (Å²) in [7, 11) is 2.60. The summed E-state index contributed by atoms with van der Waals surface area (Å²) >= 11 is 0. The largest absolute Gasteiger partial charge is 0.453 e. The van der Waals surface area contributed by atoms with Crippen molar-refractivity contribution in [3.8, 4) is 11.1 Å². The molecule has 0 spiro atoms. The van der Waals surface area contributed by atoms with E-state index in [4.69, 9.17) is 19.5 Å². The number of methoxy groups -OCH3 is 2. The van der Waals surface area contributed by atoms with E-state index in [2.05, 4.69) is 71.4 Å². The number of nitrogens with one attached hydrogen (secondary N) is 2. The Kier molecular flexibility index (Phi) is 12.6. The van der Waals surface area contributed by atoms with Crippen molar-refractivity contribution in [1.82, 2.24) is 20.7 Å². The number of allylic oxidation sites excluding steroid dienone is 2. The van der Waals surface area contributed by atoms with Gasteiger partial charge in [-0.15, -0.1) is 0 Å². The number of hydrogen-bond donors (Lipinski definition) is 2. The number of carbonyl (C=O) groups is 4. The molecule has 0 unspecified atom stereocenters. The van der Waals surface area contributed by atoms with Gasteiger partial charge >= 0.3 is 12.2 Å². The van der Waals surface area contributed by atoms with Crippen LogP contribution in [-0.4, -0.2) is 84.2 Å². The molecule has 12 heteroatoms. The normalized spacial score (nSPS) is 20.8. The zero-order valence-electron chi connectivity index (χ0n) is 35.0. The molecule has 59 heavy (non-hydrogen) atoms. The zero-order chi connectivity index (χ0) is 41.8. The van der Waals surface area contributed by atoms with E-state index in [0.29, 0.717) is 19.4 Å². The molecule has 7 rings (SSSR count). The van der Waals surface area contributed by atoms with Crippen LogP contribution in [0.5, 0.6) is 0 Å². The first-order valence-electron chi connectivity index (χ1n) is 20.9. The van der Waals surface area contributed by atoms with Gasteiger partial charge in [0.15, 0.2) is 0 Å². The molecule has 310 valence electrons. The Morgan fingerprint density at radius 2 is 1.31 bits per heavy atom. The maximum atomic E-state index is 13.7. The second-order valence-corrected chi connectivity index (χ2v) is 16.7. The first kappa shape index (κ1) is 41.4. The van der Waals surface area contributed by atoms with E-state index < -0.39 is 18.2 Å². The number of amides is 4. The van der Waals surface area contributed by atoms with Crippen molar-refractivity contribution in [2.75, 3.05) is 20.8 Å². The maximum absolute atomic E-state index is 13.7. The Balaban J connectivity index is 0.974. The molecular formula is C47H56N6O6. The Bertz CT molecular complexity index is 2220. The fraction of sp³-hybridized carbons (Fsp3) is 0.447. The highest BCUT2D eigenvalue weighted by Crippen LogP contribution is 2.38. The lowest BCUT2D eigenvalue weighted by Gasteiger charge is -2.36. The molecule has 3 aromatic rings. The number of carbonyl (C=O) groups excluding carboxylic acids is 4. The van der Waals surface area contributed by atoms with Crippen molar-refractivity contribution in [1.29, 1.82) is 0 Å². The molecule has 12 nitrogen and oxygen atoms in total. The fourth-order valence-electron chi connectivity index (χ4n) is 9.02. The van der Waals surface area contributed by atoms with Crippen molar-refractivity contribution in [3.63, 3.8) is 0 Å².